The van der Waals surface area contributed by atoms with Gasteiger partial charge in [0, 0.05) is 6.54 Å². The molecule has 1 heterocycles. The smallest absolute Gasteiger partial charge is 0.248 e. The Morgan fingerprint density at radius 2 is 2.07 bits per heavy atom. The highest BCUT2D eigenvalue weighted by atomic mass is 16.7. The Hall–Kier alpha value is -0.610. The predicted octanol–water partition coefficient (Wildman–Crippen LogP) is 0.688. The maximum Gasteiger partial charge on any atom is 0.248 e. The van der Waals surface area contributed by atoms with Gasteiger partial charge in [0.1, 0.15) is 0 Å². The highest BCUT2D eigenvalue weighted by Crippen LogP contribution is 2.16. The summed E-state index contributed by atoms with van der Waals surface area (Å²) in [5, 5.41) is 3.18. The fourth-order valence-electron chi connectivity index (χ4n) is 1.44. The van der Waals surface area contributed by atoms with Crippen LogP contribution >= 0.6 is 0 Å². The Bertz CT molecular complexity index is 211. The second kappa shape index (κ2) is 4.28. The topological polar surface area (TPSA) is 50.4 Å². The van der Waals surface area contributed by atoms with Crippen LogP contribution in [-0.4, -0.2) is 24.6 Å². The number of carbonyl (C=O) groups excluding carboxylic acids is 1. The molecule has 0 radical (unpaired) electrons. The van der Waals surface area contributed by atoms with E-state index in [0.717, 1.165) is 13.1 Å². The van der Waals surface area contributed by atoms with Crippen LogP contribution in [0.15, 0.2) is 0 Å². The van der Waals surface area contributed by atoms with Gasteiger partial charge in [-0.3, -0.25) is 9.63 Å². The maximum atomic E-state index is 11.6. The zero-order valence-corrected chi connectivity index (χ0v) is 9.39. The van der Waals surface area contributed by atoms with Crippen LogP contribution in [0, 0.1) is 11.8 Å². The summed E-state index contributed by atoms with van der Waals surface area (Å²) >= 11 is 0. The predicted molar refractivity (Wildman–Crippen MR) is 54.5 cm³/mol. The fourth-order valence-corrected chi connectivity index (χ4v) is 1.44. The quantitative estimate of drug-likeness (QED) is 0.645. The number of rotatable bonds is 2. The molecule has 1 saturated heterocycles. The summed E-state index contributed by atoms with van der Waals surface area (Å²) in [5.41, 5.74) is 2.19. The van der Waals surface area contributed by atoms with Crippen LogP contribution in [-0.2, 0) is 9.63 Å². The molecule has 0 aromatic rings. The summed E-state index contributed by atoms with van der Waals surface area (Å²) < 4.78 is 0. The van der Waals surface area contributed by atoms with Crippen molar-refractivity contribution in [2.24, 2.45) is 11.8 Å². The molecule has 1 aliphatic rings. The molecule has 14 heavy (non-hydrogen) atoms. The molecule has 4 nitrogen and oxygen atoms in total. The van der Waals surface area contributed by atoms with Gasteiger partial charge in [-0.05, 0) is 33.2 Å². The summed E-state index contributed by atoms with van der Waals surface area (Å²) in [7, 11) is 0. The number of amides is 1. The lowest BCUT2D eigenvalue weighted by molar-refractivity contribution is -0.150. The zero-order chi connectivity index (χ0) is 10.8. The number of nitrogens with one attached hydrogen (secondary N) is 2. The van der Waals surface area contributed by atoms with Crippen molar-refractivity contribution in [3.63, 3.8) is 0 Å². The lowest BCUT2D eigenvalue weighted by Crippen LogP contribution is -2.39. The van der Waals surface area contributed by atoms with Gasteiger partial charge in [-0.15, -0.1) is 0 Å². The minimum atomic E-state index is -0.328. The summed E-state index contributed by atoms with van der Waals surface area (Å²) in [6, 6.07) is 0. The van der Waals surface area contributed by atoms with E-state index in [4.69, 9.17) is 4.84 Å². The maximum absolute atomic E-state index is 11.6. The second-order valence-corrected chi connectivity index (χ2v) is 4.92. The molecule has 0 spiro atoms. The molecular weight excluding hydrogens is 180 g/mol. The first-order chi connectivity index (χ1) is 6.40. The van der Waals surface area contributed by atoms with E-state index in [2.05, 4.69) is 17.7 Å². The van der Waals surface area contributed by atoms with E-state index in [0.29, 0.717) is 5.92 Å². The van der Waals surface area contributed by atoms with Gasteiger partial charge in [-0.2, -0.15) is 0 Å². The average molecular weight is 200 g/mol. The Morgan fingerprint density at radius 1 is 1.43 bits per heavy atom. The minimum absolute atomic E-state index is 0.0163. The minimum Gasteiger partial charge on any atom is -0.316 e. The highest BCUT2D eigenvalue weighted by Gasteiger charge is 2.30. The molecule has 0 bridgehead atoms. The molecule has 1 aliphatic heterocycles. The van der Waals surface area contributed by atoms with Gasteiger partial charge >= 0.3 is 0 Å². The Kier molecular flexibility index (Phi) is 3.50. The molecule has 0 aliphatic carbocycles. The summed E-state index contributed by atoms with van der Waals surface area (Å²) in [4.78, 5) is 16.9. The van der Waals surface area contributed by atoms with Crippen molar-refractivity contribution >= 4 is 5.91 Å². The van der Waals surface area contributed by atoms with E-state index in [1.807, 2.05) is 20.8 Å². The van der Waals surface area contributed by atoms with E-state index in [9.17, 15) is 4.79 Å². The van der Waals surface area contributed by atoms with E-state index in [1.165, 1.54) is 0 Å². The Labute approximate surface area is 85.3 Å². The van der Waals surface area contributed by atoms with Gasteiger partial charge in [0.2, 0.25) is 5.91 Å². The number of carbonyl (C=O) groups is 1. The standard InChI is InChI=1S/C10H20N2O2/c1-7-5-11-6-8(7)9(13)12-14-10(2,3)4/h7-8,11H,5-6H2,1-4H3,(H,12,13)/t7-,8-/m1/s1. The van der Waals surface area contributed by atoms with Crippen molar-refractivity contribution in [2.45, 2.75) is 33.3 Å². The van der Waals surface area contributed by atoms with Crippen molar-refractivity contribution in [1.82, 2.24) is 10.8 Å². The zero-order valence-electron chi connectivity index (χ0n) is 9.39. The molecule has 0 aromatic carbocycles. The van der Waals surface area contributed by atoms with Crippen LogP contribution in [0.3, 0.4) is 0 Å². The van der Waals surface area contributed by atoms with Crippen molar-refractivity contribution in [3.05, 3.63) is 0 Å². The first-order valence-electron chi connectivity index (χ1n) is 5.09. The molecule has 1 fully saturated rings. The third-order valence-corrected chi connectivity index (χ3v) is 2.31. The van der Waals surface area contributed by atoms with Crippen LogP contribution < -0.4 is 10.8 Å². The van der Waals surface area contributed by atoms with Crippen molar-refractivity contribution in [3.8, 4) is 0 Å². The Balaban J connectivity index is 2.35. The van der Waals surface area contributed by atoms with Gasteiger partial charge in [0.15, 0.2) is 0 Å². The molecule has 1 rings (SSSR count). The molecule has 2 N–H and O–H groups in total. The summed E-state index contributed by atoms with van der Waals surface area (Å²) in [5.74, 6) is 0.411. The molecule has 2 atom stereocenters. The van der Waals surface area contributed by atoms with Gasteiger partial charge in [0.25, 0.3) is 0 Å². The monoisotopic (exact) mass is 200 g/mol. The summed E-state index contributed by atoms with van der Waals surface area (Å²) in [6.07, 6.45) is 0. The molecule has 1 amide bonds. The molecule has 82 valence electrons. The van der Waals surface area contributed by atoms with Crippen LogP contribution in [0.1, 0.15) is 27.7 Å². The van der Waals surface area contributed by atoms with Gasteiger partial charge in [-0.25, -0.2) is 5.48 Å². The second-order valence-electron chi connectivity index (χ2n) is 4.92. The number of hydroxylamine groups is 1. The lowest BCUT2D eigenvalue weighted by Gasteiger charge is -2.21. The first kappa shape index (κ1) is 11.5. The van der Waals surface area contributed by atoms with E-state index in [1.54, 1.807) is 0 Å². The third-order valence-electron chi connectivity index (χ3n) is 2.31. The van der Waals surface area contributed by atoms with Crippen LogP contribution in [0.4, 0.5) is 0 Å². The normalized spacial score (nSPS) is 27.7. The summed E-state index contributed by atoms with van der Waals surface area (Å²) in [6.45, 7) is 9.45. The first-order valence-corrected chi connectivity index (χ1v) is 5.09. The van der Waals surface area contributed by atoms with Gasteiger partial charge < -0.3 is 5.32 Å². The third kappa shape index (κ3) is 3.27. The van der Waals surface area contributed by atoms with Crippen molar-refractivity contribution in [2.75, 3.05) is 13.1 Å². The van der Waals surface area contributed by atoms with Crippen molar-refractivity contribution < 1.29 is 9.63 Å². The number of hydrogen-bond donors (Lipinski definition) is 2. The fraction of sp³-hybridized carbons (Fsp3) is 0.900. The van der Waals surface area contributed by atoms with Crippen LogP contribution in [0.5, 0.6) is 0 Å². The van der Waals surface area contributed by atoms with E-state index < -0.39 is 0 Å². The molecule has 0 aromatic heterocycles. The lowest BCUT2D eigenvalue weighted by atomic mass is 9.98. The van der Waals surface area contributed by atoms with Crippen molar-refractivity contribution in [1.29, 1.82) is 0 Å². The van der Waals surface area contributed by atoms with Crippen LogP contribution in [0.25, 0.3) is 0 Å². The van der Waals surface area contributed by atoms with Crippen LogP contribution in [0.2, 0.25) is 0 Å². The van der Waals surface area contributed by atoms with E-state index in [-0.39, 0.29) is 17.4 Å². The van der Waals surface area contributed by atoms with Gasteiger partial charge in [0.05, 0.1) is 11.5 Å². The Morgan fingerprint density at radius 3 is 2.50 bits per heavy atom. The molecule has 0 unspecified atom stereocenters. The average Bonchev–Trinajstić information content (AvgIpc) is 2.46. The SMILES string of the molecule is C[C@@H]1CNC[C@H]1C(=O)NOC(C)(C)C. The van der Waals surface area contributed by atoms with Gasteiger partial charge in [-0.1, -0.05) is 6.92 Å². The largest absolute Gasteiger partial charge is 0.316 e. The molecule has 4 heteroatoms. The molecular formula is C10H20N2O2. The molecule has 0 saturated carbocycles. The number of hydrogen-bond acceptors (Lipinski definition) is 3. The van der Waals surface area contributed by atoms with E-state index >= 15 is 0 Å². The highest BCUT2D eigenvalue weighted by molar-refractivity contribution is 5.78.